The van der Waals surface area contributed by atoms with Crippen molar-refractivity contribution in [3.63, 3.8) is 0 Å². The van der Waals surface area contributed by atoms with Crippen LogP contribution in [0.25, 0.3) is 0 Å². The van der Waals surface area contributed by atoms with E-state index in [1.165, 1.54) is 5.56 Å². The highest BCUT2D eigenvalue weighted by Gasteiger charge is 2.15. The molecular formula is C17H23N3O. The third-order valence-electron chi connectivity index (χ3n) is 2.93. The fourth-order valence-electron chi connectivity index (χ4n) is 1.86. The van der Waals surface area contributed by atoms with E-state index in [9.17, 15) is 0 Å². The minimum atomic E-state index is -0.331. The van der Waals surface area contributed by atoms with Crippen molar-refractivity contribution < 1.29 is 4.74 Å². The minimum absolute atomic E-state index is 0.331. The van der Waals surface area contributed by atoms with Crippen LogP contribution >= 0.6 is 0 Å². The molecule has 112 valence electrons. The van der Waals surface area contributed by atoms with Gasteiger partial charge in [0.25, 0.3) is 0 Å². The van der Waals surface area contributed by atoms with Crippen molar-refractivity contribution in [3.8, 4) is 5.88 Å². The highest BCUT2D eigenvalue weighted by atomic mass is 16.5. The van der Waals surface area contributed by atoms with E-state index in [1.54, 1.807) is 6.07 Å². The summed E-state index contributed by atoms with van der Waals surface area (Å²) in [5.74, 6) is 1.17. The maximum Gasteiger partial charge on any atom is 0.239 e. The molecule has 4 heteroatoms. The van der Waals surface area contributed by atoms with Gasteiger partial charge >= 0.3 is 0 Å². The number of nitrogens with one attached hydrogen (secondary N) is 1. The van der Waals surface area contributed by atoms with Crippen LogP contribution in [-0.2, 0) is 6.42 Å². The van der Waals surface area contributed by atoms with E-state index in [-0.39, 0.29) is 5.60 Å². The molecule has 1 heterocycles. The van der Waals surface area contributed by atoms with Gasteiger partial charge in [-0.05, 0) is 57.0 Å². The summed E-state index contributed by atoms with van der Waals surface area (Å²) in [6.07, 6.45) is 1.03. The van der Waals surface area contributed by atoms with Crippen molar-refractivity contribution in [1.29, 1.82) is 0 Å². The Morgan fingerprint density at radius 2 is 1.76 bits per heavy atom. The van der Waals surface area contributed by atoms with Gasteiger partial charge in [-0.3, -0.25) is 0 Å². The van der Waals surface area contributed by atoms with Gasteiger partial charge in [0.1, 0.15) is 11.4 Å². The maximum atomic E-state index is 5.91. The first-order valence-corrected chi connectivity index (χ1v) is 7.19. The topological polar surface area (TPSA) is 60.2 Å². The van der Waals surface area contributed by atoms with E-state index in [0.29, 0.717) is 17.4 Å². The smallest absolute Gasteiger partial charge is 0.239 e. The van der Waals surface area contributed by atoms with Gasteiger partial charge in [-0.25, -0.2) is 0 Å². The molecule has 0 spiro atoms. The second kappa shape index (κ2) is 6.04. The lowest BCUT2D eigenvalue weighted by Crippen LogP contribution is -2.24. The zero-order chi connectivity index (χ0) is 15.5. The highest BCUT2D eigenvalue weighted by Crippen LogP contribution is 2.26. The Kier molecular flexibility index (Phi) is 4.36. The van der Waals surface area contributed by atoms with Gasteiger partial charge in [0, 0.05) is 5.69 Å². The van der Waals surface area contributed by atoms with E-state index >= 15 is 0 Å². The lowest BCUT2D eigenvalue weighted by atomic mass is 10.1. The van der Waals surface area contributed by atoms with E-state index < -0.39 is 0 Å². The lowest BCUT2D eigenvalue weighted by molar-refractivity contribution is 0.125. The van der Waals surface area contributed by atoms with Crippen molar-refractivity contribution in [2.24, 2.45) is 0 Å². The van der Waals surface area contributed by atoms with Crippen LogP contribution in [0.5, 0.6) is 5.88 Å². The largest absolute Gasteiger partial charge is 0.470 e. The predicted molar refractivity (Wildman–Crippen MR) is 88.1 cm³/mol. The Morgan fingerprint density at radius 3 is 2.33 bits per heavy atom. The molecule has 0 aliphatic carbocycles. The van der Waals surface area contributed by atoms with Crippen LogP contribution < -0.4 is 15.8 Å². The molecule has 0 saturated carbocycles. The third-order valence-corrected chi connectivity index (χ3v) is 2.93. The third kappa shape index (κ3) is 4.38. The first kappa shape index (κ1) is 15.2. The molecule has 0 unspecified atom stereocenters. The molecule has 21 heavy (non-hydrogen) atoms. The van der Waals surface area contributed by atoms with Crippen LogP contribution in [0.2, 0.25) is 0 Å². The first-order chi connectivity index (χ1) is 9.87. The second-order valence-corrected chi connectivity index (χ2v) is 5.98. The summed E-state index contributed by atoms with van der Waals surface area (Å²) in [6, 6.07) is 11.9. The number of aryl methyl sites for hydroxylation is 1. The molecule has 2 aromatic rings. The fraction of sp³-hybridized carbons (Fsp3) is 0.353. The van der Waals surface area contributed by atoms with Crippen LogP contribution in [0, 0.1) is 0 Å². The maximum absolute atomic E-state index is 5.91. The zero-order valence-electron chi connectivity index (χ0n) is 13.1. The molecule has 3 N–H and O–H groups in total. The summed E-state index contributed by atoms with van der Waals surface area (Å²) in [7, 11) is 0. The van der Waals surface area contributed by atoms with Crippen LogP contribution in [0.4, 0.5) is 17.2 Å². The second-order valence-electron chi connectivity index (χ2n) is 5.98. The minimum Gasteiger partial charge on any atom is -0.470 e. The normalized spacial score (nSPS) is 11.2. The average Bonchev–Trinajstić information content (AvgIpc) is 2.42. The van der Waals surface area contributed by atoms with E-state index in [0.717, 1.165) is 12.1 Å². The summed E-state index contributed by atoms with van der Waals surface area (Å²) in [6.45, 7) is 8.05. The molecule has 4 nitrogen and oxygen atoms in total. The van der Waals surface area contributed by atoms with Gasteiger partial charge in [0.2, 0.25) is 5.88 Å². The molecular weight excluding hydrogens is 262 g/mol. The van der Waals surface area contributed by atoms with Crippen molar-refractivity contribution in [3.05, 3.63) is 42.0 Å². The van der Waals surface area contributed by atoms with Gasteiger partial charge in [0.15, 0.2) is 0 Å². The highest BCUT2D eigenvalue weighted by molar-refractivity contribution is 5.60. The molecule has 1 aromatic carbocycles. The summed E-state index contributed by atoms with van der Waals surface area (Å²) >= 11 is 0. The van der Waals surface area contributed by atoms with Crippen LogP contribution in [0.15, 0.2) is 36.4 Å². The monoisotopic (exact) mass is 285 g/mol. The number of hydrogen-bond donors (Lipinski definition) is 2. The van der Waals surface area contributed by atoms with Crippen molar-refractivity contribution >= 4 is 17.2 Å². The van der Waals surface area contributed by atoms with Gasteiger partial charge in [0.05, 0.1) is 5.69 Å². The number of nitrogens with two attached hydrogens (primary N) is 1. The molecule has 1 aromatic heterocycles. The summed E-state index contributed by atoms with van der Waals surface area (Å²) in [4.78, 5) is 4.44. The van der Waals surface area contributed by atoms with E-state index in [4.69, 9.17) is 10.5 Å². The average molecular weight is 285 g/mol. The number of ether oxygens (including phenoxy) is 1. The molecule has 2 rings (SSSR count). The predicted octanol–water partition coefficient (Wildman–Crippen LogP) is 4.15. The summed E-state index contributed by atoms with van der Waals surface area (Å²) in [5.41, 5.74) is 8.42. The van der Waals surface area contributed by atoms with Crippen molar-refractivity contribution in [2.75, 3.05) is 11.1 Å². The van der Waals surface area contributed by atoms with Gasteiger partial charge in [-0.1, -0.05) is 19.1 Å². The van der Waals surface area contributed by atoms with Crippen LogP contribution in [-0.4, -0.2) is 10.6 Å². The van der Waals surface area contributed by atoms with Gasteiger partial charge < -0.3 is 15.8 Å². The first-order valence-electron chi connectivity index (χ1n) is 7.19. The number of rotatable bonds is 4. The number of pyridine rings is 1. The zero-order valence-corrected chi connectivity index (χ0v) is 13.1. The van der Waals surface area contributed by atoms with Crippen molar-refractivity contribution in [2.45, 2.75) is 39.7 Å². The number of nitrogens with zero attached hydrogens (tertiary/aromatic N) is 1. The van der Waals surface area contributed by atoms with Crippen LogP contribution in [0.3, 0.4) is 0 Å². The fourth-order valence-corrected chi connectivity index (χ4v) is 1.86. The SMILES string of the molecule is CCc1ccc(Nc2ccc(N)c(OC(C)(C)C)n2)cc1. The van der Waals surface area contributed by atoms with Crippen LogP contribution in [0.1, 0.15) is 33.3 Å². The Labute approximate surface area is 126 Å². The molecule has 0 atom stereocenters. The van der Waals surface area contributed by atoms with Crippen molar-refractivity contribution in [1.82, 2.24) is 4.98 Å². The van der Waals surface area contributed by atoms with E-state index in [2.05, 4.69) is 29.4 Å². The number of nitrogen functional groups attached to an aromatic ring is 1. The summed E-state index contributed by atoms with van der Waals surface area (Å²) < 4.78 is 5.77. The van der Waals surface area contributed by atoms with E-state index in [1.807, 2.05) is 39.0 Å². The molecule has 0 fully saturated rings. The Morgan fingerprint density at radius 1 is 1.10 bits per heavy atom. The standard InChI is InChI=1S/C17H23N3O/c1-5-12-6-8-13(9-7-12)19-15-11-10-14(18)16(20-15)21-17(2,3)4/h6-11H,5,18H2,1-4H3,(H,19,20). The molecule has 0 radical (unpaired) electrons. The molecule has 0 amide bonds. The Hall–Kier alpha value is -2.23. The number of hydrogen-bond acceptors (Lipinski definition) is 4. The number of aromatic nitrogens is 1. The molecule has 0 bridgehead atoms. The quantitative estimate of drug-likeness (QED) is 0.886. The van der Waals surface area contributed by atoms with Gasteiger partial charge in [-0.2, -0.15) is 4.98 Å². The molecule has 0 aliphatic heterocycles. The molecule has 0 saturated heterocycles. The Bertz CT molecular complexity index is 600. The number of anilines is 3. The lowest BCUT2D eigenvalue weighted by Gasteiger charge is -2.21. The Balaban J connectivity index is 2.18. The summed E-state index contributed by atoms with van der Waals surface area (Å²) in [5, 5.41) is 3.26. The van der Waals surface area contributed by atoms with Gasteiger partial charge in [-0.15, -0.1) is 0 Å². The number of benzene rings is 1. The molecule has 0 aliphatic rings.